The van der Waals surface area contributed by atoms with Crippen molar-refractivity contribution in [3.05, 3.63) is 96.3 Å². The molecule has 4 aliphatic rings. The standard InChI is InChI=1S/C48H51FN4O7S2/c1-29(2)59-35-20-16-31(17-21-35)44-50-42-38-12-8-9-13-41(38)61-43(42)45(51-44)60-36-25-39-40(54)27-48(47(56)52-62(57,58)37-22-23-37)26-33(48)11-7-5-3-4-6-10-32(46(55)53(39)28-36)24-30-14-18-34(49)19-15-30/h7-9,11-21,29,32-33,36-37,39H,3-6,10,22-28H2,1-2H3,(H,52,56)/b11-7-/t32-,33-,36-,39+,48-/m1/s1. The fourth-order valence-corrected chi connectivity index (χ4v) is 11.6. The van der Waals surface area contributed by atoms with Gasteiger partial charge in [0, 0.05) is 34.4 Å². The summed E-state index contributed by atoms with van der Waals surface area (Å²) in [6.45, 7) is 4.03. The number of rotatable bonds is 10. The Kier molecular flexibility index (Phi) is 11.7. The van der Waals surface area contributed by atoms with Crippen molar-refractivity contribution in [2.45, 2.75) is 108 Å². The zero-order chi connectivity index (χ0) is 43.2. The van der Waals surface area contributed by atoms with Crippen LogP contribution in [0.1, 0.15) is 83.6 Å². The van der Waals surface area contributed by atoms with Gasteiger partial charge in [-0.25, -0.2) is 17.8 Å². The lowest BCUT2D eigenvalue weighted by atomic mass is 9.90. The first-order valence-corrected chi connectivity index (χ1v) is 24.2. The van der Waals surface area contributed by atoms with E-state index in [-0.39, 0.29) is 48.9 Å². The molecule has 5 atom stereocenters. The second kappa shape index (κ2) is 17.2. The van der Waals surface area contributed by atoms with E-state index in [1.54, 1.807) is 17.0 Å². The third-order valence-electron chi connectivity index (χ3n) is 12.7. The van der Waals surface area contributed by atoms with Gasteiger partial charge in [0.1, 0.15) is 22.4 Å². The van der Waals surface area contributed by atoms with Crippen LogP contribution in [0.5, 0.6) is 11.6 Å². The summed E-state index contributed by atoms with van der Waals surface area (Å²) >= 11 is 1.51. The molecule has 2 aromatic heterocycles. The van der Waals surface area contributed by atoms with E-state index >= 15 is 0 Å². The third kappa shape index (κ3) is 8.86. The summed E-state index contributed by atoms with van der Waals surface area (Å²) in [5.74, 6) is -0.804. The molecule has 1 N–H and O–H groups in total. The van der Waals surface area contributed by atoms with E-state index in [9.17, 15) is 27.2 Å². The molecule has 3 fully saturated rings. The van der Waals surface area contributed by atoms with Crippen LogP contribution in [-0.2, 0) is 30.8 Å². The molecule has 1 saturated heterocycles. The normalized spacial score (nSPS) is 25.2. The number of nitrogens with one attached hydrogen (secondary N) is 1. The molecule has 5 aromatic rings. The monoisotopic (exact) mass is 878 g/mol. The number of allylic oxidation sites excluding steroid dienone is 2. The molecule has 0 spiro atoms. The Hall–Kier alpha value is -5.21. The molecule has 2 aliphatic heterocycles. The van der Waals surface area contributed by atoms with Gasteiger partial charge in [-0.2, -0.15) is 4.98 Å². The van der Waals surface area contributed by atoms with Crippen molar-refractivity contribution in [3.63, 3.8) is 0 Å². The SMILES string of the molecule is CC(C)Oc1ccc(-c2nc(O[C@@H]3C[C@H]4C(=O)C[C@]5(C(=O)NS(=O)(=O)C6CC6)C[C@H]5/C=C\CCCCC[C@H](Cc5ccc(F)cc5)C(=O)N4C3)c3sc4ccccc4c3n2)cc1. The predicted octanol–water partition coefficient (Wildman–Crippen LogP) is 8.74. The number of ketones is 1. The van der Waals surface area contributed by atoms with Gasteiger partial charge in [-0.1, -0.05) is 55.3 Å². The van der Waals surface area contributed by atoms with Crippen LogP contribution in [0, 0.1) is 23.1 Å². The number of halogens is 1. The first-order chi connectivity index (χ1) is 29.9. The van der Waals surface area contributed by atoms with E-state index in [2.05, 4.69) is 4.72 Å². The first-order valence-electron chi connectivity index (χ1n) is 21.8. The summed E-state index contributed by atoms with van der Waals surface area (Å²) in [7, 11) is -3.86. The Balaban J connectivity index is 1.07. The molecule has 62 heavy (non-hydrogen) atoms. The van der Waals surface area contributed by atoms with E-state index in [0.29, 0.717) is 43.8 Å². The Morgan fingerprint density at radius 1 is 0.984 bits per heavy atom. The Morgan fingerprint density at radius 2 is 1.76 bits per heavy atom. The number of hydrogen-bond donors (Lipinski definition) is 1. The number of nitrogens with zero attached hydrogens (tertiary/aromatic N) is 3. The zero-order valence-electron chi connectivity index (χ0n) is 34.9. The zero-order valence-corrected chi connectivity index (χ0v) is 36.6. The summed E-state index contributed by atoms with van der Waals surface area (Å²) in [5, 5.41) is 0.356. The van der Waals surface area contributed by atoms with Crippen molar-refractivity contribution in [1.29, 1.82) is 0 Å². The quantitative estimate of drug-likeness (QED) is 0.136. The van der Waals surface area contributed by atoms with Crippen LogP contribution in [0.15, 0.2) is 84.9 Å². The summed E-state index contributed by atoms with van der Waals surface area (Å²) < 4.78 is 56.8. The fraction of sp³-hybridized carbons (Fsp3) is 0.438. The number of benzene rings is 3. The maximum absolute atomic E-state index is 15.0. The number of carbonyl (C=O) groups excluding carboxylic acids is 3. The molecule has 9 rings (SSSR count). The predicted molar refractivity (Wildman–Crippen MR) is 237 cm³/mol. The molecule has 2 amide bonds. The van der Waals surface area contributed by atoms with Crippen molar-refractivity contribution in [2.24, 2.45) is 17.3 Å². The van der Waals surface area contributed by atoms with Crippen LogP contribution in [0.25, 0.3) is 31.7 Å². The van der Waals surface area contributed by atoms with Gasteiger partial charge in [0.15, 0.2) is 11.6 Å². The van der Waals surface area contributed by atoms with Gasteiger partial charge in [0.2, 0.25) is 27.7 Å². The lowest BCUT2D eigenvalue weighted by Crippen LogP contribution is -2.46. The molecule has 0 bridgehead atoms. The topological polar surface area (TPSA) is 145 Å². The summed E-state index contributed by atoms with van der Waals surface area (Å²) in [5.41, 5.74) is 1.07. The Bertz CT molecular complexity index is 2650. The van der Waals surface area contributed by atoms with Gasteiger partial charge in [-0.05, 0) is 113 Å². The molecule has 4 heterocycles. The number of hydrogen-bond acceptors (Lipinski definition) is 10. The third-order valence-corrected chi connectivity index (χ3v) is 15.6. The highest BCUT2D eigenvalue weighted by Gasteiger charge is 2.61. The summed E-state index contributed by atoms with van der Waals surface area (Å²) in [4.78, 5) is 55.4. The van der Waals surface area contributed by atoms with E-state index < -0.39 is 44.7 Å². The molecule has 2 saturated carbocycles. The highest BCUT2D eigenvalue weighted by molar-refractivity contribution is 7.90. The molecular weight excluding hydrogens is 828 g/mol. The average Bonchev–Trinajstić information content (AvgIpc) is 4.15. The van der Waals surface area contributed by atoms with Crippen LogP contribution >= 0.6 is 11.3 Å². The average molecular weight is 879 g/mol. The minimum atomic E-state index is -3.86. The fourth-order valence-electron chi connectivity index (χ4n) is 9.11. The van der Waals surface area contributed by atoms with Crippen molar-refractivity contribution < 1.29 is 36.7 Å². The number of amides is 2. The van der Waals surface area contributed by atoms with Gasteiger partial charge >= 0.3 is 0 Å². The number of ether oxygens (including phenoxy) is 2. The second-order valence-corrected chi connectivity index (χ2v) is 20.7. The van der Waals surface area contributed by atoms with Crippen LogP contribution in [-0.4, -0.2) is 70.9 Å². The van der Waals surface area contributed by atoms with Crippen molar-refractivity contribution in [3.8, 4) is 23.0 Å². The first kappa shape index (κ1) is 42.1. The minimum absolute atomic E-state index is 0.0110. The lowest BCUT2D eigenvalue weighted by molar-refractivity contribution is -0.142. The van der Waals surface area contributed by atoms with Gasteiger partial charge in [-0.15, -0.1) is 11.3 Å². The molecule has 0 radical (unpaired) electrons. The van der Waals surface area contributed by atoms with Gasteiger partial charge in [0.25, 0.3) is 0 Å². The van der Waals surface area contributed by atoms with Gasteiger partial charge in [-0.3, -0.25) is 19.1 Å². The maximum atomic E-state index is 15.0. The van der Waals surface area contributed by atoms with E-state index in [0.717, 1.165) is 62.9 Å². The number of sulfonamides is 1. The van der Waals surface area contributed by atoms with Crippen LogP contribution in [0.2, 0.25) is 0 Å². The van der Waals surface area contributed by atoms with E-state index in [1.165, 1.54) is 23.5 Å². The second-order valence-electron chi connectivity index (χ2n) is 17.7. The summed E-state index contributed by atoms with van der Waals surface area (Å²) in [6, 6.07) is 20.8. The van der Waals surface area contributed by atoms with Crippen molar-refractivity contribution >= 4 is 59.3 Å². The largest absolute Gasteiger partial charge is 0.491 e. The Labute approximate surface area is 365 Å². The van der Waals surface area contributed by atoms with Crippen LogP contribution < -0.4 is 14.2 Å². The maximum Gasteiger partial charge on any atom is 0.240 e. The lowest BCUT2D eigenvalue weighted by Gasteiger charge is -2.29. The molecule has 3 aromatic carbocycles. The van der Waals surface area contributed by atoms with Gasteiger partial charge < -0.3 is 14.4 Å². The highest BCUT2D eigenvalue weighted by Crippen LogP contribution is 2.57. The van der Waals surface area contributed by atoms with Crippen molar-refractivity contribution in [2.75, 3.05) is 6.54 Å². The number of fused-ring (bicyclic) bond motifs is 5. The highest BCUT2D eigenvalue weighted by atomic mass is 32.2. The minimum Gasteiger partial charge on any atom is -0.491 e. The molecule has 11 nitrogen and oxygen atoms in total. The molecular formula is C48H51FN4O7S2. The Morgan fingerprint density at radius 3 is 2.52 bits per heavy atom. The molecule has 324 valence electrons. The smallest absolute Gasteiger partial charge is 0.240 e. The van der Waals surface area contributed by atoms with E-state index in [1.807, 2.05) is 74.5 Å². The molecule has 0 unspecified atom stereocenters. The number of thiophene rings is 1. The number of carbonyl (C=O) groups is 3. The van der Waals surface area contributed by atoms with E-state index in [4.69, 9.17) is 19.4 Å². The molecule has 14 heteroatoms. The van der Waals surface area contributed by atoms with Crippen LogP contribution in [0.3, 0.4) is 0 Å². The van der Waals surface area contributed by atoms with Crippen LogP contribution in [0.4, 0.5) is 4.39 Å². The van der Waals surface area contributed by atoms with Gasteiger partial charge in [0.05, 0.1) is 34.9 Å². The summed E-state index contributed by atoms with van der Waals surface area (Å²) in [6.07, 6.45) is 8.88. The number of aromatic nitrogens is 2. The molecule has 2 aliphatic carbocycles. The number of Topliss-reactive ketones (excluding diaryl/α,β-unsaturated/α-hetero) is 1. The van der Waals surface area contributed by atoms with Crippen molar-refractivity contribution in [1.82, 2.24) is 19.6 Å².